The van der Waals surface area contributed by atoms with Crippen LogP contribution in [0.15, 0.2) is 23.1 Å². The summed E-state index contributed by atoms with van der Waals surface area (Å²) in [6.07, 6.45) is 2.44. The summed E-state index contributed by atoms with van der Waals surface area (Å²) in [5, 5.41) is 0. The van der Waals surface area contributed by atoms with Crippen molar-refractivity contribution >= 4 is 29.8 Å². The van der Waals surface area contributed by atoms with Crippen LogP contribution in [0.1, 0.15) is 20.3 Å². The third-order valence-corrected chi connectivity index (χ3v) is 3.62. The van der Waals surface area contributed by atoms with E-state index >= 15 is 0 Å². The molecule has 0 heterocycles. The van der Waals surface area contributed by atoms with Gasteiger partial charge < -0.3 is 5.73 Å². The van der Waals surface area contributed by atoms with E-state index in [4.69, 9.17) is 5.73 Å². The number of nitrogen functional groups attached to an aromatic ring is 1. The lowest BCUT2D eigenvalue weighted by Gasteiger charge is -2.14. The normalized spacial score (nSPS) is 10.4. The maximum atomic E-state index is 5.83. The van der Waals surface area contributed by atoms with Gasteiger partial charge >= 0.3 is 0 Å². The van der Waals surface area contributed by atoms with Gasteiger partial charge in [0.05, 0.1) is 0 Å². The Kier molecular flexibility index (Phi) is 5.78. The molecule has 3 N–H and O–H groups in total. The van der Waals surface area contributed by atoms with E-state index in [-0.39, 0.29) is 0 Å². The highest BCUT2D eigenvalue weighted by Crippen LogP contribution is 2.17. The summed E-state index contributed by atoms with van der Waals surface area (Å²) in [6, 6.07) is 6.22. The smallest absolute Gasteiger partial charge is 0.174 e. The van der Waals surface area contributed by atoms with Crippen molar-refractivity contribution < 1.29 is 0 Å². The summed E-state index contributed by atoms with van der Waals surface area (Å²) in [7, 11) is 0. The van der Waals surface area contributed by atoms with Gasteiger partial charge in [-0.2, -0.15) is 0 Å². The third-order valence-electron chi connectivity index (χ3n) is 2.62. The van der Waals surface area contributed by atoms with Gasteiger partial charge in [0.15, 0.2) is 6.71 Å². The lowest BCUT2D eigenvalue weighted by Crippen LogP contribution is -2.28. The van der Waals surface area contributed by atoms with Crippen molar-refractivity contribution in [1.82, 2.24) is 4.72 Å². The fraction of sp³-hybridized carbons (Fsp3) is 0.500. The molecule has 0 aliphatic heterocycles. The predicted molar refractivity (Wildman–Crippen MR) is 76.7 cm³/mol. The quantitative estimate of drug-likeness (QED) is 0.453. The van der Waals surface area contributed by atoms with Crippen molar-refractivity contribution in [3.63, 3.8) is 0 Å². The molecular weight excluding hydrogens is 215 g/mol. The van der Waals surface area contributed by atoms with Gasteiger partial charge in [0, 0.05) is 17.1 Å². The fourth-order valence-corrected chi connectivity index (χ4v) is 2.67. The van der Waals surface area contributed by atoms with E-state index < -0.39 is 0 Å². The van der Waals surface area contributed by atoms with Crippen LogP contribution in [-0.2, 0) is 0 Å². The van der Waals surface area contributed by atoms with E-state index in [1.54, 1.807) is 11.9 Å². The average Bonchev–Trinajstić information content (AvgIpc) is 2.26. The molecule has 0 aromatic heterocycles. The second-order valence-electron chi connectivity index (χ2n) is 4.09. The number of anilines is 1. The van der Waals surface area contributed by atoms with Crippen molar-refractivity contribution in [2.24, 2.45) is 0 Å². The van der Waals surface area contributed by atoms with Gasteiger partial charge in [-0.25, -0.2) is 0 Å². The molecule has 0 saturated heterocycles. The Labute approximate surface area is 104 Å². The molecule has 1 aromatic rings. The summed E-state index contributed by atoms with van der Waals surface area (Å²) < 4.78 is 3.29. The number of hydrogen-bond donors (Lipinski definition) is 2. The maximum Gasteiger partial charge on any atom is 0.174 e. The second kappa shape index (κ2) is 6.87. The summed E-state index contributed by atoms with van der Waals surface area (Å²) in [6.45, 7) is 8.18. The molecule has 1 rings (SSSR count). The van der Waals surface area contributed by atoms with Gasteiger partial charge in [0.25, 0.3) is 0 Å². The first-order valence-corrected chi connectivity index (χ1v) is 6.79. The van der Waals surface area contributed by atoms with Gasteiger partial charge in [-0.05, 0) is 24.1 Å². The van der Waals surface area contributed by atoms with Crippen LogP contribution < -0.4 is 15.9 Å². The van der Waals surface area contributed by atoms with Crippen LogP contribution in [0.3, 0.4) is 0 Å². The molecule has 0 amide bonds. The molecule has 0 atom stereocenters. The summed E-state index contributed by atoms with van der Waals surface area (Å²) in [4.78, 5) is 1.27. The van der Waals surface area contributed by atoms with E-state index in [9.17, 15) is 0 Å². The number of nitrogens with two attached hydrogens (primary N) is 1. The number of benzene rings is 1. The largest absolute Gasteiger partial charge is 0.399 e. The zero-order chi connectivity index (χ0) is 12.0. The molecule has 0 bridgehead atoms. The molecule has 0 spiro atoms. The Morgan fingerprint density at radius 2 is 2.12 bits per heavy atom. The first-order chi connectivity index (χ1) is 7.69. The SMILES string of the molecule is CCCB(C)c1ccc(N)cc1SNCC. The van der Waals surface area contributed by atoms with Crippen LogP contribution in [0.2, 0.25) is 13.1 Å². The van der Waals surface area contributed by atoms with Crippen LogP contribution >= 0.6 is 11.9 Å². The van der Waals surface area contributed by atoms with Crippen molar-refractivity contribution in [3.05, 3.63) is 18.2 Å². The van der Waals surface area contributed by atoms with Gasteiger partial charge in [-0.15, -0.1) is 0 Å². The second-order valence-corrected chi connectivity index (χ2v) is 5.02. The Morgan fingerprint density at radius 1 is 1.38 bits per heavy atom. The van der Waals surface area contributed by atoms with E-state index in [1.165, 1.54) is 23.1 Å². The first-order valence-electron chi connectivity index (χ1n) is 5.98. The van der Waals surface area contributed by atoms with Gasteiger partial charge in [-0.1, -0.05) is 44.9 Å². The van der Waals surface area contributed by atoms with Crippen LogP contribution in [0.25, 0.3) is 0 Å². The average molecular weight is 236 g/mol. The molecule has 2 nitrogen and oxygen atoms in total. The molecule has 16 heavy (non-hydrogen) atoms. The van der Waals surface area contributed by atoms with E-state index in [2.05, 4.69) is 37.5 Å². The minimum absolute atomic E-state index is 0.603. The van der Waals surface area contributed by atoms with Crippen molar-refractivity contribution in [3.8, 4) is 0 Å². The summed E-state index contributed by atoms with van der Waals surface area (Å²) in [5.41, 5.74) is 8.08. The van der Waals surface area contributed by atoms with E-state index in [1.807, 2.05) is 6.07 Å². The molecule has 4 heteroatoms. The minimum Gasteiger partial charge on any atom is -0.399 e. The Bertz CT molecular complexity index is 331. The molecule has 0 fully saturated rings. The van der Waals surface area contributed by atoms with Crippen LogP contribution in [0, 0.1) is 0 Å². The molecular formula is C12H21BN2S. The lowest BCUT2D eigenvalue weighted by molar-refractivity contribution is 1.03. The zero-order valence-electron chi connectivity index (χ0n) is 10.4. The predicted octanol–water partition coefficient (Wildman–Crippen LogP) is 2.63. The standard InChI is InChI=1S/C12H21BN2S/c1-4-8-13(3)11-7-6-10(14)9-12(11)16-15-5-2/h6-7,9,15H,4-5,8,14H2,1-3H3. The molecule has 0 radical (unpaired) electrons. The van der Waals surface area contributed by atoms with Crippen LogP contribution in [0.4, 0.5) is 5.69 Å². The monoisotopic (exact) mass is 236 g/mol. The molecule has 1 aromatic carbocycles. The first kappa shape index (κ1) is 13.5. The molecule has 88 valence electrons. The minimum atomic E-state index is 0.603. The van der Waals surface area contributed by atoms with Gasteiger partial charge in [-0.3, -0.25) is 4.72 Å². The summed E-state index contributed by atoms with van der Waals surface area (Å²) >= 11 is 1.69. The summed E-state index contributed by atoms with van der Waals surface area (Å²) in [5.74, 6) is 0. The van der Waals surface area contributed by atoms with Gasteiger partial charge in [0.2, 0.25) is 0 Å². The van der Waals surface area contributed by atoms with E-state index in [0.717, 1.165) is 12.2 Å². The Morgan fingerprint density at radius 3 is 2.75 bits per heavy atom. The zero-order valence-corrected chi connectivity index (χ0v) is 11.2. The maximum absolute atomic E-state index is 5.83. The fourth-order valence-electron chi connectivity index (χ4n) is 1.78. The van der Waals surface area contributed by atoms with Crippen LogP contribution in [-0.4, -0.2) is 13.3 Å². The number of nitrogens with one attached hydrogen (secondary N) is 1. The van der Waals surface area contributed by atoms with Crippen molar-refractivity contribution in [2.45, 2.75) is 38.3 Å². The molecule has 0 aliphatic rings. The molecule has 0 saturated carbocycles. The highest BCUT2D eigenvalue weighted by molar-refractivity contribution is 7.97. The lowest BCUT2D eigenvalue weighted by atomic mass is 9.44. The molecule has 0 unspecified atom stereocenters. The number of rotatable bonds is 6. The topological polar surface area (TPSA) is 38.0 Å². The highest BCUT2D eigenvalue weighted by atomic mass is 32.2. The van der Waals surface area contributed by atoms with Crippen molar-refractivity contribution in [2.75, 3.05) is 12.3 Å². The highest BCUT2D eigenvalue weighted by Gasteiger charge is 2.13. The Hall–Kier alpha value is -0.605. The third kappa shape index (κ3) is 3.76. The van der Waals surface area contributed by atoms with E-state index in [0.29, 0.717) is 6.71 Å². The van der Waals surface area contributed by atoms with Gasteiger partial charge in [0.1, 0.15) is 0 Å². The van der Waals surface area contributed by atoms with Crippen LogP contribution in [0.5, 0.6) is 0 Å². The Balaban J connectivity index is 2.88. The number of hydrogen-bond acceptors (Lipinski definition) is 3. The van der Waals surface area contributed by atoms with Crippen molar-refractivity contribution in [1.29, 1.82) is 0 Å². The molecule has 0 aliphatic carbocycles.